The third-order valence-electron chi connectivity index (χ3n) is 3.73. The Bertz CT molecular complexity index is 595. The van der Waals surface area contributed by atoms with Crippen LogP contribution < -0.4 is 11.1 Å². The lowest BCUT2D eigenvalue weighted by molar-refractivity contribution is 0.0997. The van der Waals surface area contributed by atoms with E-state index < -0.39 is 10.0 Å². The van der Waals surface area contributed by atoms with Crippen LogP contribution in [-0.2, 0) is 14.8 Å². The number of nitrogens with zero attached hydrogens (tertiary/aromatic N) is 1. The van der Waals surface area contributed by atoms with Gasteiger partial charge in [-0.05, 0) is 31.9 Å². The van der Waals surface area contributed by atoms with E-state index in [-0.39, 0.29) is 22.7 Å². The van der Waals surface area contributed by atoms with Crippen LogP contribution in [0.1, 0.15) is 19.8 Å². The predicted molar refractivity (Wildman–Crippen MR) is 83.8 cm³/mol. The number of nitrogen functional groups attached to an aromatic ring is 1. The number of nitrogens with one attached hydrogen (secondary N) is 1. The summed E-state index contributed by atoms with van der Waals surface area (Å²) < 4.78 is 31.3. The van der Waals surface area contributed by atoms with Gasteiger partial charge < -0.3 is 15.8 Å². The molecule has 118 valence electrons. The van der Waals surface area contributed by atoms with Crippen LogP contribution in [0.3, 0.4) is 0 Å². The van der Waals surface area contributed by atoms with E-state index in [1.54, 1.807) is 12.1 Å². The summed E-state index contributed by atoms with van der Waals surface area (Å²) >= 11 is 0. The summed E-state index contributed by atoms with van der Waals surface area (Å²) in [5, 5.41) is 3.27. The molecule has 1 aliphatic rings. The van der Waals surface area contributed by atoms with Crippen molar-refractivity contribution in [2.75, 3.05) is 31.8 Å². The fourth-order valence-corrected chi connectivity index (χ4v) is 3.46. The lowest BCUT2D eigenvalue weighted by Crippen LogP contribution is -2.30. The van der Waals surface area contributed by atoms with Gasteiger partial charge in [0.05, 0.1) is 17.5 Å². The number of para-hydroxylation sites is 1. The molecule has 0 bridgehead atoms. The molecule has 21 heavy (non-hydrogen) atoms. The second-order valence-electron chi connectivity index (χ2n) is 5.49. The number of hydrogen-bond acceptors (Lipinski definition) is 5. The van der Waals surface area contributed by atoms with E-state index in [1.807, 2.05) is 6.92 Å². The largest absolute Gasteiger partial charge is 0.396 e. The van der Waals surface area contributed by atoms with Gasteiger partial charge in [-0.3, -0.25) is 0 Å². The van der Waals surface area contributed by atoms with Crippen LogP contribution in [0.25, 0.3) is 0 Å². The van der Waals surface area contributed by atoms with Crippen molar-refractivity contribution in [3.05, 3.63) is 18.2 Å². The van der Waals surface area contributed by atoms with Gasteiger partial charge in [0.2, 0.25) is 10.0 Å². The molecule has 2 rings (SSSR count). The zero-order valence-corrected chi connectivity index (χ0v) is 13.5. The molecule has 0 radical (unpaired) electrons. The molecule has 0 saturated carbocycles. The summed E-state index contributed by atoms with van der Waals surface area (Å²) in [6, 6.07) is 5.08. The third-order valence-corrected chi connectivity index (χ3v) is 5.60. The molecule has 1 aliphatic heterocycles. The van der Waals surface area contributed by atoms with Crippen molar-refractivity contribution in [3.8, 4) is 0 Å². The van der Waals surface area contributed by atoms with Crippen molar-refractivity contribution < 1.29 is 13.2 Å². The fourth-order valence-electron chi connectivity index (χ4n) is 2.43. The van der Waals surface area contributed by atoms with E-state index in [1.165, 1.54) is 20.2 Å². The molecule has 6 nitrogen and oxygen atoms in total. The van der Waals surface area contributed by atoms with Gasteiger partial charge in [0, 0.05) is 26.7 Å². The van der Waals surface area contributed by atoms with Crippen LogP contribution in [0.4, 0.5) is 11.4 Å². The van der Waals surface area contributed by atoms with Crippen molar-refractivity contribution >= 4 is 21.4 Å². The van der Waals surface area contributed by atoms with Gasteiger partial charge in [-0.1, -0.05) is 6.07 Å². The van der Waals surface area contributed by atoms with Crippen molar-refractivity contribution in [2.45, 2.75) is 36.8 Å². The van der Waals surface area contributed by atoms with Gasteiger partial charge in [-0.2, -0.15) is 0 Å². The summed E-state index contributed by atoms with van der Waals surface area (Å²) in [5.41, 5.74) is 6.92. The molecule has 1 aromatic carbocycles. The molecule has 1 aromatic rings. The maximum absolute atomic E-state index is 12.2. The Morgan fingerprint density at radius 2 is 2.14 bits per heavy atom. The van der Waals surface area contributed by atoms with E-state index in [2.05, 4.69) is 5.32 Å². The number of sulfonamides is 1. The van der Waals surface area contributed by atoms with Gasteiger partial charge in [-0.25, -0.2) is 12.7 Å². The Morgan fingerprint density at radius 1 is 1.43 bits per heavy atom. The highest BCUT2D eigenvalue weighted by Gasteiger charge is 2.25. The Labute approximate surface area is 126 Å². The zero-order chi connectivity index (χ0) is 15.6. The van der Waals surface area contributed by atoms with E-state index in [0.717, 1.165) is 23.8 Å². The molecule has 2 unspecified atom stereocenters. The molecular formula is C14H23N3O3S. The average molecular weight is 313 g/mol. The first kappa shape index (κ1) is 16.1. The van der Waals surface area contributed by atoms with Crippen LogP contribution >= 0.6 is 0 Å². The molecule has 0 amide bonds. The lowest BCUT2D eigenvalue weighted by Gasteiger charge is -2.23. The van der Waals surface area contributed by atoms with Crippen LogP contribution in [0, 0.1) is 0 Å². The minimum Gasteiger partial charge on any atom is -0.396 e. The van der Waals surface area contributed by atoms with Gasteiger partial charge in [-0.15, -0.1) is 0 Å². The summed E-state index contributed by atoms with van der Waals surface area (Å²) in [7, 11) is -0.568. The molecule has 1 fully saturated rings. The average Bonchev–Trinajstić information content (AvgIpc) is 2.94. The molecule has 0 aliphatic carbocycles. The summed E-state index contributed by atoms with van der Waals surface area (Å²) in [6.07, 6.45) is 2.20. The molecular weight excluding hydrogens is 290 g/mol. The Morgan fingerprint density at radius 3 is 2.71 bits per heavy atom. The molecule has 0 aromatic heterocycles. The first-order chi connectivity index (χ1) is 9.84. The number of rotatable bonds is 5. The van der Waals surface area contributed by atoms with Crippen molar-refractivity contribution in [3.63, 3.8) is 0 Å². The number of benzene rings is 1. The normalized spacial score (nSPS) is 20.7. The van der Waals surface area contributed by atoms with Crippen molar-refractivity contribution in [1.82, 2.24) is 4.31 Å². The highest BCUT2D eigenvalue weighted by atomic mass is 32.2. The van der Waals surface area contributed by atoms with Gasteiger partial charge in [0.15, 0.2) is 0 Å². The molecule has 7 heteroatoms. The molecule has 3 N–H and O–H groups in total. The minimum absolute atomic E-state index is 0.0760. The first-order valence-electron chi connectivity index (χ1n) is 7.03. The number of hydrogen-bond donors (Lipinski definition) is 2. The molecule has 1 heterocycles. The maximum atomic E-state index is 12.2. The van der Waals surface area contributed by atoms with Crippen molar-refractivity contribution in [1.29, 1.82) is 0 Å². The predicted octanol–water partition coefficient (Wildman–Crippen LogP) is 1.50. The highest BCUT2D eigenvalue weighted by Crippen LogP contribution is 2.29. The van der Waals surface area contributed by atoms with E-state index >= 15 is 0 Å². The smallest absolute Gasteiger partial charge is 0.244 e. The van der Waals surface area contributed by atoms with Crippen LogP contribution in [-0.4, -0.2) is 45.6 Å². The van der Waals surface area contributed by atoms with E-state index in [0.29, 0.717) is 5.69 Å². The van der Waals surface area contributed by atoms with Crippen LogP contribution in [0.5, 0.6) is 0 Å². The van der Waals surface area contributed by atoms with E-state index in [9.17, 15) is 8.42 Å². The van der Waals surface area contributed by atoms with Gasteiger partial charge >= 0.3 is 0 Å². The van der Waals surface area contributed by atoms with E-state index in [4.69, 9.17) is 10.5 Å². The monoisotopic (exact) mass is 313 g/mol. The SMILES string of the molecule is CC(Nc1cccc(S(=O)(=O)N(C)C)c1N)C1CCCO1. The highest BCUT2D eigenvalue weighted by molar-refractivity contribution is 7.89. The number of anilines is 2. The first-order valence-corrected chi connectivity index (χ1v) is 8.47. The number of nitrogens with two attached hydrogens (primary N) is 1. The summed E-state index contributed by atoms with van der Waals surface area (Å²) in [4.78, 5) is 0.122. The standard InChI is InChI=1S/C14H23N3O3S/c1-10(12-7-5-9-20-12)16-11-6-4-8-13(14(11)15)21(18,19)17(2)3/h4,6,8,10,12,16H,5,7,9,15H2,1-3H3. The molecule has 0 spiro atoms. The Hall–Kier alpha value is -1.31. The fraction of sp³-hybridized carbons (Fsp3) is 0.571. The Kier molecular flexibility index (Phi) is 4.75. The summed E-state index contributed by atoms with van der Waals surface area (Å²) in [6.45, 7) is 2.80. The second kappa shape index (κ2) is 6.21. The Balaban J connectivity index is 2.26. The van der Waals surface area contributed by atoms with Crippen LogP contribution in [0.2, 0.25) is 0 Å². The topological polar surface area (TPSA) is 84.7 Å². The molecule has 1 saturated heterocycles. The van der Waals surface area contributed by atoms with Crippen LogP contribution in [0.15, 0.2) is 23.1 Å². The van der Waals surface area contributed by atoms with Gasteiger partial charge in [0.25, 0.3) is 0 Å². The summed E-state index contributed by atoms with van der Waals surface area (Å²) in [5.74, 6) is 0. The second-order valence-corrected chi connectivity index (χ2v) is 7.61. The van der Waals surface area contributed by atoms with Crippen molar-refractivity contribution in [2.24, 2.45) is 0 Å². The third kappa shape index (κ3) is 3.30. The number of ether oxygens (including phenoxy) is 1. The maximum Gasteiger partial charge on any atom is 0.244 e. The van der Waals surface area contributed by atoms with Gasteiger partial charge in [0.1, 0.15) is 4.90 Å². The minimum atomic E-state index is -3.55. The molecule has 2 atom stereocenters. The quantitative estimate of drug-likeness (QED) is 0.805. The lowest BCUT2D eigenvalue weighted by atomic mass is 10.1. The zero-order valence-electron chi connectivity index (χ0n) is 12.7.